The predicted molar refractivity (Wildman–Crippen MR) is 73.3 cm³/mol. The van der Waals surface area contributed by atoms with Crippen molar-refractivity contribution in [3.63, 3.8) is 0 Å². The van der Waals surface area contributed by atoms with Crippen LogP contribution in [0.3, 0.4) is 0 Å². The Hall–Kier alpha value is -0.610. The van der Waals surface area contributed by atoms with Crippen LogP contribution < -0.4 is 5.32 Å². The van der Waals surface area contributed by atoms with Gasteiger partial charge >= 0.3 is 0 Å². The highest BCUT2D eigenvalue weighted by atomic mass is 16.5. The summed E-state index contributed by atoms with van der Waals surface area (Å²) in [4.78, 5) is 12.2. The highest BCUT2D eigenvalue weighted by Crippen LogP contribution is 1.98. The minimum atomic E-state index is 0.00463. The lowest BCUT2D eigenvalue weighted by Gasteiger charge is -2.26. The number of amides is 1. The first kappa shape index (κ1) is 18.7. The van der Waals surface area contributed by atoms with Gasteiger partial charge < -0.3 is 10.1 Å². The summed E-state index contributed by atoms with van der Waals surface area (Å²) in [6.07, 6.45) is 2.64. The van der Waals surface area contributed by atoms with E-state index in [0.717, 1.165) is 26.3 Å². The van der Waals surface area contributed by atoms with Crippen molar-refractivity contribution in [2.24, 2.45) is 0 Å². The molecule has 1 fully saturated rings. The molecule has 0 aromatic rings. The lowest BCUT2D eigenvalue weighted by molar-refractivity contribution is -0.118. The van der Waals surface area contributed by atoms with Crippen molar-refractivity contribution in [3.05, 3.63) is 0 Å². The third-order valence-corrected chi connectivity index (χ3v) is 2.28. The Morgan fingerprint density at radius 3 is 2.12 bits per heavy atom. The summed E-state index contributed by atoms with van der Waals surface area (Å²) in [5.41, 5.74) is 0. The van der Waals surface area contributed by atoms with Crippen LogP contribution in [0.1, 0.15) is 40.5 Å². The summed E-state index contributed by atoms with van der Waals surface area (Å²) in [7, 11) is 1.60. The molecule has 0 saturated carbocycles. The molecule has 0 aromatic heterocycles. The van der Waals surface area contributed by atoms with Crippen molar-refractivity contribution in [2.45, 2.75) is 40.5 Å². The Bertz CT molecular complexity index is 157. The standard InChI is InChI=1S/C8H17NO.C3H7NO.C2H6/c1-2-3-4-9-5-7-10-8-6-9;1-3(5)4-2;1-2/h2-8H2,1H3;1-2H3,(H,4,5);1-2H3. The first-order chi connectivity index (χ1) is 8.20. The number of hydrogen-bond acceptors (Lipinski definition) is 3. The van der Waals surface area contributed by atoms with Crippen LogP contribution in [-0.4, -0.2) is 50.7 Å². The Kier molecular flexibility index (Phi) is 17.0. The van der Waals surface area contributed by atoms with E-state index >= 15 is 0 Å². The SMILES string of the molecule is CC.CCCCN1CCOCC1.CNC(C)=O. The van der Waals surface area contributed by atoms with Gasteiger partial charge in [-0.25, -0.2) is 0 Å². The van der Waals surface area contributed by atoms with E-state index < -0.39 is 0 Å². The molecule has 0 radical (unpaired) electrons. The lowest BCUT2D eigenvalue weighted by atomic mass is 10.3. The van der Waals surface area contributed by atoms with E-state index in [9.17, 15) is 4.79 Å². The third kappa shape index (κ3) is 15.4. The second-order valence-corrected chi connectivity index (χ2v) is 3.61. The van der Waals surface area contributed by atoms with Crippen molar-refractivity contribution in [1.82, 2.24) is 10.2 Å². The molecule has 1 rings (SSSR count). The van der Waals surface area contributed by atoms with Gasteiger partial charge in [-0.05, 0) is 13.0 Å². The van der Waals surface area contributed by atoms with Crippen molar-refractivity contribution in [3.8, 4) is 0 Å². The van der Waals surface area contributed by atoms with E-state index in [-0.39, 0.29) is 5.91 Å². The summed E-state index contributed by atoms with van der Waals surface area (Å²) in [5.74, 6) is 0.00463. The number of morpholine rings is 1. The smallest absolute Gasteiger partial charge is 0.216 e. The van der Waals surface area contributed by atoms with Gasteiger partial charge in [-0.15, -0.1) is 0 Å². The number of ether oxygens (including phenoxy) is 1. The van der Waals surface area contributed by atoms with Crippen LogP contribution in [0.4, 0.5) is 0 Å². The highest BCUT2D eigenvalue weighted by Gasteiger charge is 2.07. The first-order valence-electron chi connectivity index (χ1n) is 6.69. The van der Waals surface area contributed by atoms with Crippen molar-refractivity contribution >= 4 is 5.91 Å². The molecule has 1 aliphatic heterocycles. The maximum absolute atomic E-state index is 9.70. The fraction of sp³-hybridized carbons (Fsp3) is 0.923. The lowest BCUT2D eigenvalue weighted by Crippen LogP contribution is -2.36. The number of carbonyl (C=O) groups is 1. The zero-order valence-electron chi connectivity index (χ0n) is 12.2. The summed E-state index contributed by atoms with van der Waals surface area (Å²) in [6.45, 7) is 13.1. The molecule has 1 heterocycles. The van der Waals surface area contributed by atoms with Crippen LogP contribution in [0.2, 0.25) is 0 Å². The maximum atomic E-state index is 9.70. The fourth-order valence-electron chi connectivity index (χ4n) is 1.21. The molecule has 1 amide bonds. The van der Waals surface area contributed by atoms with Crippen LogP contribution in [-0.2, 0) is 9.53 Å². The Morgan fingerprint density at radius 1 is 1.29 bits per heavy atom. The van der Waals surface area contributed by atoms with Crippen LogP contribution in [0, 0.1) is 0 Å². The van der Waals surface area contributed by atoms with E-state index in [1.54, 1.807) is 7.05 Å². The zero-order chi connectivity index (χ0) is 13.5. The van der Waals surface area contributed by atoms with Crippen molar-refractivity contribution in [2.75, 3.05) is 39.9 Å². The number of nitrogens with zero attached hydrogens (tertiary/aromatic N) is 1. The molecule has 4 heteroatoms. The van der Waals surface area contributed by atoms with Gasteiger partial charge in [0.05, 0.1) is 13.2 Å². The summed E-state index contributed by atoms with van der Waals surface area (Å²) < 4.78 is 5.24. The molecule has 104 valence electrons. The number of carbonyl (C=O) groups excluding carboxylic acids is 1. The Morgan fingerprint density at radius 2 is 1.76 bits per heavy atom. The summed E-state index contributed by atoms with van der Waals surface area (Å²) in [5, 5.41) is 2.39. The second-order valence-electron chi connectivity index (χ2n) is 3.61. The summed E-state index contributed by atoms with van der Waals surface area (Å²) >= 11 is 0. The van der Waals surface area contributed by atoms with Gasteiger partial charge in [0.1, 0.15) is 0 Å². The molecule has 0 atom stereocenters. The maximum Gasteiger partial charge on any atom is 0.216 e. The molecule has 17 heavy (non-hydrogen) atoms. The molecule has 4 nitrogen and oxygen atoms in total. The Labute approximate surface area is 107 Å². The minimum Gasteiger partial charge on any atom is -0.379 e. The zero-order valence-corrected chi connectivity index (χ0v) is 12.2. The van der Waals surface area contributed by atoms with Crippen LogP contribution in [0.15, 0.2) is 0 Å². The number of unbranched alkanes of at least 4 members (excludes halogenated alkanes) is 1. The normalized spacial score (nSPS) is 14.9. The quantitative estimate of drug-likeness (QED) is 0.827. The van der Waals surface area contributed by atoms with Gasteiger partial charge in [0.25, 0.3) is 0 Å². The van der Waals surface area contributed by atoms with Crippen LogP contribution in [0.25, 0.3) is 0 Å². The van der Waals surface area contributed by atoms with Gasteiger partial charge in [-0.1, -0.05) is 27.2 Å². The third-order valence-electron chi connectivity index (χ3n) is 2.28. The predicted octanol–water partition coefficient (Wildman–Crippen LogP) is 1.90. The van der Waals surface area contributed by atoms with Gasteiger partial charge in [0, 0.05) is 27.1 Å². The molecule has 1 aliphatic rings. The van der Waals surface area contributed by atoms with Gasteiger partial charge in [-0.2, -0.15) is 0 Å². The molecule has 0 aliphatic carbocycles. The molecular weight excluding hydrogens is 216 g/mol. The van der Waals surface area contributed by atoms with Crippen molar-refractivity contribution < 1.29 is 9.53 Å². The molecule has 0 bridgehead atoms. The highest BCUT2D eigenvalue weighted by molar-refractivity contribution is 5.72. The monoisotopic (exact) mass is 246 g/mol. The molecule has 0 unspecified atom stereocenters. The van der Waals surface area contributed by atoms with E-state index in [0.29, 0.717) is 0 Å². The first-order valence-corrected chi connectivity index (χ1v) is 6.69. The van der Waals surface area contributed by atoms with E-state index in [1.807, 2.05) is 13.8 Å². The second kappa shape index (κ2) is 15.4. The van der Waals surface area contributed by atoms with Gasteiger partial charge in [-0.3, -0.25) is 9.69 Å². The number of rotatable bonds is 3. The molecule has 1 saturated heterocycles. The van der Waals surface area contributed by atoms with Crippen LogP contribution >= 0.6 is 0 Å². The molecule has 0 spiro atoms. The molecule has 0 aromatic carbocycles. The van der Waals surface area contributed by atoms with Gasteiger partial charge in [0.2, 0.25) is 5.91 Å². The minimum absolute atomic E-state index is 0.00463. The fourth-order valence-corrected chi connectivity index (χ4v) is 1.21. The molecule has 1 N–H and O–H groups in total. The average Bonchev–Trinajstić information content (AvgIpc) is 2.40. The van der Waals surface area contributed by atoms with Crippen LogP contribution in [0.5, 0.6) is 0 Å². The number of hydrogen-bond donors (Lipinski definition) is 1. The largest absolute Gasteiger partial charge is 0.379 e. The number of nitrogens with one attached hydrogen (secondary N) is 1. The topological polar surface area (TPSA) is 41.6 Å². The van der Waals surface area contributed by atoms with Crippen molar-refractivity contribution in [1.29, 1.82) is 0 Å². The van der Waals surface area contributed by atoms with E-state index in [1.165, 1.54) is 26.3 Å². The van der Waals surface area contributed by atoms with Gasteiger partial charge in [0.15, 0.2) is 0 Å². The summed E-state index contributed by atoms with van der Waals surface area (Å²) in [6, 6.07) is 0. The average molecular weight is 246 g/mol. The Balaban J connectivity index is 0. The van der Waals surface area contributed by atoms with E-state index in [2.05, 4.69) is 17.1 Å². The molecular formula is C13H30N2O2. The van der Waals surface area contributed by atoms with E-state index in [4.69, 9.17) is 4.74 Å².